The number of aromatic nitrogens is 2. The van der Waals surface area contributed by atoms with Crippen molar-refractivity contribution in [3.63, 3.8) is 0 Å². The van der Waals surface area contributed by atoms with Gasteiger partial charge in [0.05, 0.1) is 5.69 Å². The average Bonchev–Trinajstić information content (AvgIpc) is 3.72. The van der Waals surface area contributed by atoms with Crippen molar-refractivity contribution in [3.05, 3.63) is 42.1 Å². The van der Waals surface area contributed by atoms with E-state index < -0.39 is 48.5 Å². The molecule has 2 aliphatic heterocycles. The van der Waals surface area contributed by atoms with Crippen molar-refractivity contribution in [1.29, 1.82) is 0 Å². The van der Waals surface area contributed by atoms with Crippen molar-refractivity contribution in [2.75, 3.05) is 32.7 Å². The molecule has 16 heteroatoms. The Balaban J connectivity index is 1.32. The number of carboxylic acid groups (broad SMARTS) is 2. The Morgan fingerprint density at radius 2 is 1.60 bits per heavy atom. The molecule has 0 radical (unpaired) electrons. The lowest BCUT2D eigenvalue weighted by Gasteiger charge is -2.35. The fraction of sp³-hybridized carbons (Fsp3) is 0.531. The van der Waals surface area contributed by atoms with Gasteiger partial charge in [-0.15, -0.1) is 0 Å². The van der Waals surface area contributed by atoms with Crippen LogP contribution in [0.3, 0.4) is 0 Å². The molecule has 1 aromatic heterocycles. The lowest BCUT2D eigenvalue weighted by atomic mass is 9.93. The van der Waals surface area contributed by atoms with Crippen LogP contribution in [-0.2, 0) is 19.2 Å². The molecular weight excluding hydrogens is 626 g/mol. The van der Waals surface area contributed by atoms with Gasteiger partial charge in [0.25, 0.3) is 11.8 Å². The maximum atomic E-state index is 13.6. The lowest BCUT2D eigenvalue weighted by Crippen LogP contribution is -2.55. The van der Waals surface area contributed by atoms with E-state index in [2.05, 4.69) is 15.7 Å². The highest BCUT2D eigenvalue weighted by molar-refractivity contribution is 5.96. The third kappa shape index (κ3) is 8.04. The molecule has 3 aliphatic rings. The van der Waals surface area contributed by atoms with Crippen LogP contribution >= 0.6 is 0 Å². The zero-order chi connectivity index (χ0) is 34.4. The molecule has 1 aliphatic carbocycles. The topological polar surface area (TPSA) is 204 Å². The summed E-state index contributed by atoms with van der Waals surface area (Å²) >= 11 is 0. The van der Waals surface area contributed by atoms with E-state index in [9.17, 15) is 39.0 Å². The van der Waals surface area contributed by atoms with Crippen LogP contribution in [0.5, 0.6) is 5.88 Å². The molecule has 16 nitrogen and oxygen atoms in total. The number of nitrogens with zero attached hydrogens (tertiary/aromatic N) is 5. The minimum atomic E-state index is -1.21. The van der Waals surface area contributed by atoms with Crippen LogP contribution in [-0.4, -0.2) is 127 Å². The zero-order valence-corrected chi connectivity index (χ0v) is 26.7. The fourth-order valence-electron chi connectivity index (χ4n) is 6.03. The number of benzene rings is 1. The van der Waals surface area contributed by atoms with Crippen LogP contribution in [0.1, 0.15) is 62.4 Å². The van der Waals surface area contributed by atoms with E-state index in [4.69, 9.17) is 4.74 Å². The van der Waals surface area contributed by atoms with E-state index in [-0.39, 0.29) is 62.0 Å². The molecule has 1 aromatic carbocycles. The summed E-state index contributed by atoms with van der Waals surface area (Å²) in [6.07, 6.45) is 1.45. The minimum absolute atomic E-state index is 0.0695. The largest absolute Gasteiger partial charge is 0.481 e. The number of carbonyl (C=O) groups excluding carboxylic acids is 4. The van der Waals surface area contributed by atoms with Gasteiger partial charge in [0, 0.05) is 51.3 Å². The normalized spacial score (nSPS) is 19.2. The molecule has 258 valence electrons. The van der Waals surface area contributed by atoms with E-state index in [0.717, 1.165) is 19.3 Å². The minimum Gasteiger partial charge on any atom is -0.481 e. The van der Waals surface area contributed by atoms with Gasteiger partial charge < -0.3 is 40.3 Å². The molecule has 5 amide bonds. The smallest absolute Gasteiger partial charge is 0.407 e. The molecule has 3 fully saturated rings. The number of carboxylic acids is 1. The van der Waals surface area contributed by atoms with E-state index in [1.165, 1.54) is 25.4 Å². The Morgan fingerprint density at radius 3 is 2.23 bits per heavy atom. The van der Waals surface area contributed by atoms with Gasteiger partial charge in [-0.25, -0.2) is 9.48 Å². The number of piperazine rings is 1. The number of nitrogens with one attached hydrogen (secondary N) is 2. The van der Waals surface area contributed by atoms with Crippen LogP contribution in [0.15, 0.2) is 36.4 Å². The molecule has 48 heavy (non-hydrogen) atoms. The predicted molar refractivity (Wildman–Crippen MR) is 168 cm³/mol. The number of hydrogen-bond donors (Lipinski definition) is 4. The first-order chi connectivity index (χ1) is 23.0. The summed E-state index contributed by atoms with van der Waals surface area (Å²) in [5.41, 5.74) is 0.385. The molecule has 1 saturated carbocycles. The van der Waals surface area contributed by atoms with Crippen LogP contribution in [0.2, 0.25) is 0 Å². The summed E-state index contributed by atoms with van der Waals surface area (Å²) in [4.78, 5) is 80.1. The van der Waals surface area contributed by atoms with Gasteiger partial charge >= 0.3 is 12.1 Å². The Bertz CT molecular complexity index is 1520. The quantitative estimate of drug-likeness (QED) is 0.254. The molecular formula is C32H41N7O9. The second-order valence-electron chi connectivity index (χ2n) is 12.3. The molecule has 2 aromatic rings. The first-order valence-corrected chi connectivity index (χ1v) is 16.2. The maximum Gasteiger partial charge on any atom is 0.407 e. The van der Waals surface area contributed by atoms with Gasteiger partial charge in [-0.3, -0.25) is 24.0 Å². The molecule has 0 bridgehead atoms. The number of ether oxygens (including phenoxy) is 1. The van der Waals surface area contributed by atoms with E-state index in [1.807, 2.05) is 0 Å². The summed E-state index contributed by atoms with van der Waals surface area (Å²) in [7, 11) is 0. The van der Waals surface area contributed by atoms with Gasteiger partial charge in [0.2, 0.25) is 17.7 Å². The van der Waals surface area contributed by atoms with Crippen molar-refractivity contribution in [2.24, 2.45) is 0 Å². The number of likely N-dealkylation sites (tertiary alicyclic amines) is 1. The number of hydrogen-bond acceptors (Lipinski definition) is 8. The Morgan fingerprint density at radius 1 is 0.917 bits per heavy atom. The summed E-state index contributed by atoms with van der Waals surface area (Å²) in [5.74, 6) is -2.93. The lowest BCUT2D eigenvalue weighted by molar-refractivity contribution is -0.143. The standard InChI is InChI=1S/C32H41N7O9/c1-20(30(44)38-14-6-11-25(38)29(43)33-21-7-5-8-21)48-26-19-24(35-39(26)22-9-3-2-4-10-22)28(42)34-23(12-13-27(40)41)31(45)36-15-17-37(18-16-36)32(46)47/h2-4,9-10,19-21,23,25H,5-8,11-18H2,1H3,(H,33,43)(H,34,42)(H,40,41)(H,46,47)/t20-,23+,25+/m1/s1. The number of para-hydroxylation sites is 1. The van der Waals surface area contributed by atoms with Gasteiger partial charge in [-0.05, 0) is 57.6 Å². The van der Waals surface area contributed by atoms with E-state index in [0.29, 0.717) is 25.1 Å². The molecule has 3 atom stereocenters. The SMILES string of the molecule is C[C@@H](Oc1cc(C(=O)N[C@@H](CCC(=O)O)C(=O)N2CCN(C(=O)O)CC2)nn1-c1ccccc1)C(=O)N1CCC[C@H]1C(=O)NC1CCC1. The Kier molecular flexibility index (Phi) is 10.8. The van der Waals surface area contributed by atoms with Gasteiger partial charge in [-0.1, -0.05) is 18.2 Å². The van der Waals surface area contributed by atoms with Gasteiger partial charge in [0.15, 0.2) is 11.8 Å². The first kappa shape index (κ1) is 34.2. The zero-order valence-electron chi connectivity index (χ0n) is 26.7. The highest BCUT2D eigenvalue weighted by Gasteiger charge is 2.38. The van der Waals surface area contributed by atoms with Crippen molar-refractivity contribution >= 4 is 35.7 Å². The predicted octanol–water partition coefficient (Wildman–Crippen LogP) is 1.08. The first-order valence-electron chi connectivity index (χ1n) is 16.2. The summed E-state index contributed by atoms with van der Waals surface area (Å²) in [6.45, 7) is 2.34. The monoisotopic (exact) mass is 667 g/mol. The van der Waals surface area contributed by atoms with Crippen LogP contribution in [0.25, 0.3) is 5.69 Å². The molecule has 2 saturated heterocycles. The second kappa shape index (κ2) is 15.2. The van der Waals surface area contributed by atoms with E-state index >= 15 is 0 Å². The van der Waals surface area contributed by atoms with Crippen LogP contribution < -0.4 is 15.4 Å². The molecule has 0 unspecified atom stereocenters. The molecule has 5 rings (SSSR count). The van der Waals surface area contributed by atoms with Crippen LogP contribution in [0.4, 0.5) is 4.79 Å². The van der Waals surface area contributed by atoms with Crippen molar-refractivity contribution in [1.82, 2.24) is 35.1 Å². The molecule has 3 heterocycles. The highest BCUT2D eigenvalue weighted by Crippen LogP contribution is 2.25. The number of aliphatic carboxylic acids is 1. The van der Waals surface area contributed by atoms with Crippen molar-refractivity contribution in [3.8, 4) is 11.6 Å². The maximum absolute atomic E-state index is 13.6. The van der Waals surface area contributed by atoms with Gasteiger partial charge in [0.1, 0.15) is 12.1 Å². The summed E-state index contributed by atoms with van der Waals surface area (Å²) < 4.78 is 7.44. The Hall–Kier alpha value is -5.15. The number of amides is 5. The second-order valence-corrected chi connectivity index (χ2v) is 12.3. The van der Waals surface area contributed by atoms with E-state index in [1.54, 1.807) is 37.3 Å². The third-order valence-electron chi connectivity index (χ3n) is 8.96. The molecule has 4 N–H and O–H groups in total. The number of rotatable bonds is 12. The fourth-order valence-corrected chi connectivity index (χ4v) is 6.03. The third-order valence-corrected chi connectivity index (χ3v) is 8.96. The van der Waals surface area contributed by atoms with Gasteiger partial charge in [-0.2, -0.15) is 5.10 Å². The summed E-state index contributed by atoms with van der Waals surface area (Å²) in [6, 6.07) is 8.45. The highest BCUT2D eigenvalue weighted by atomic mass is 16.5. The summed E-state index contributed by atoms with van der Waals surface area (Å²) in [5, 5.41) is 28.5. The van der Waals surface area contributed by atoms with Crippen LogP contribution in [0, 0.1) is 0 Å². The molecule has 0 spiro atoms. The van der Waals surface area contributed by atoms with Crippen molar-refractivity contribution < 1.29 is 43.7 Å². The Labute approximate surface area is 277 Å². The van der Waals surface area contributed by atoms with Crippen molar-refractivity contribution in [2.45, 2.75) is 76.1 Å². The average molecular weight is 668 g/mol. The number of carbonyl (C=O) groups is 6.